The first-order valence-corrected chi connectivity index (χ1v) is 6.00. The summed E-state index contributed by atoms with van der Waals surface area (Å²) in [5.41, 5.74) is 1.38. The van der Waals surface area contributed by atoms with Gasteiger partial charge in [0.15, 0.2) is 5.75 Å². The van der Waals surface area contributed by atoms with Crippen LogP contribution in [0.25, 0.3) is 0 Å². The third-order valence-electron chi connectivity index (χ3n) is 1.97. The van der Waals surface area contributed by atoms with Crippen LogP contribution in [0.1, 0.15) is 13.8 Å². The highest BCUT2D eigenvalue weighted by atomic mass is 79.9. The van der Waals surface area contributed by atoms with E-state index in [0.29, 0.717) is 16.7 Å². The first kappa shape index (κ1) is 14.9. The number of allylic oxidation sites excluding steroid dienone is 1. The van der Waals surface area contributed by atoms with E-state index in [4.69, 9.17) is 0 Å². The minimum atomic E-state index is -4.70. The van der Waals surface area contributed by atoms with Crippen molar-refractivity contribution in [3.05, 3.63) is 34.3 Å². The van der Waals surface area contributed by atoms with Crippen LogP contribution in [0.15, 0.2) is 34.3 Å². The molecule has 1 aromatic rings. The van der Waals surface area contributed by atoms with Gasteiger partial charge in [-0.15, -0.1) is 13.2 Å². The van der Waals surface area contributed by atoms with Gasteiger partial charge in [0.25, 0.3) is 0 Å². The van der Waals surface area contributed by atoms with Gasteiger partial charge in [0.05, 0.1) is 5.69 Å². The van der Waals surface area contributed by atoms with Crippen LogP contribution in [-0.2, 0) is 0 Å². The standard InChI is InChI=1S/C12H13BrF3NO/c1-8(2)5-6-17-10-4-3-9(13)7-11(10)18-12(14,15)16/h3-5,7,17H,6H2,1-2H3. The van der Waals surface area contributed by atoms with Gasteiger partial charge in [-0.3, -0.25) is 0 Å². The maximum atomic E-state index is 12.2. The molecule has 18 heavy (non-hydrogen) atoms. The quantitative estimate of drug-likeness (QED) is 0.809. The molecule has 0 radical (unpaired) electrons. The zero-order valence-corrected chi connectivity index (χ0v) is 11.5. The molecular weight excluding hydrogens is 311 g/mol. The van der Waals surface area contributed by atoms with Crippen LogP contribution in [0, 0.1) is 0 Å². The van der Waals surface area contributed by atoms with E-state index >= 15 is 0 Å². The third kappa shape index (κ3) is 5.44. The molecule has 0 unspecified atom stereocenters. The Bertz CT molecular complexity index is 439. The van der Waals surface area contributed by atoms with Crippen LogP contribution < -0.4 is 10.1 Å². The first-order valence-electron chi connectivity index (χ1n) is 5.20. The molecule has 1 aromatic carbocycles. The summed E-state index contributed by atoms with van der Waals surface area (Å²) in [5, 5.41) is 2.87. The van der Waals surface area contributed by atoms with Gasteiger partial charge in [-0.1, -0.05) is 27.6 Å². The minimum Gasteiger partial charge on any atom is -0.404 e. The Hall–Kier alpha value is -1.17. The van der Waals surface area contributed by atoms with Gasteiger partial charge in [-0.25, -0.2) is 0 Å². The van der Waals surface area contributed by atoms with Gasteiger partial charge in [-0.2, -0.15) is 0 Å². The highest BCUT2D eigenvalue weighted by molar-refractivity contribution is 9.10. The maximum Gasteiger partial charge on any atom is 0.573 e. The average Bonchev–Trinajstić information content (AvgIpc) is 2.18. The molecule has 6 heteroatoms. The van der Waals surface area contributed by atoms with Gasteiger partial charge in [-0.05, 0) is 32.0 Å². The number of ether oxygens (including phenoxy) is 1. The van der Waals surface area contributed by atoms with Crippen LogP contribution in [0.2, 0.25) is 0 Å². The molecule has 0 fully saturated rings. The molecule has 100 valence electrons. The molecule has 0 aliphatic rings. The molecule has 0 amide bonds. The molecular formula is C12H13BrF3NO. The Kier molecular flexibility index (Phi) is 5.07. The van der Waals surface area contributed by atoms with E-state index in [9.17, 15) is 13.2 Å². The lowest BCUT2D eigenvalue weighted by molar-refractivity contribution is -0.274. The van der Waals surface area contributed by atoms with Crippen molar-refractivity contribution in [2.45, 2.75) is 20.2 Å². The SMILES string of the molecule is CC(C)=CCNc1ccc(Br)cc1OC(F)(F)F. The second kappa shape index (κ2) is 6.13. The molecule has 0 spiro atoms. The maximum absolute atomic E-state index is 12.2. The fourth-order valence-electron chi connectivity index (χ4n) is 1.22. The van der Waals surface area contributed by atoms with Crippen molar-refractivity contribution in [3.8, 4) is 5.75 Å². The molecule has 0 aliphatic heterocycles. The first-order chi connectivity index (χ1) is 8.28. The second-order valence-corrected chi connectivity index (χ2v) is 4.77. The summed E-state index contributed by atoms with van der Waals surface area (Å²) in [6.45, 7) is 4.27. The Morgan fingerprint density at radius 3 is 2.61 bits per heavy atom. The molecule has 0 bridgehead atoms. The number of hydrogen-bond donors (Lipinski definition) is 1. The summed E-state index contributed by atoms with van der Waals surface area (Å²) in [5.74, 6) is -0.251. The molecule has 0 saturated carbocycles. The molecule has 2 nitrogen and oxygen atoms in total. The lowest BCUT2D eigenvalue weighted by Crippen LogP contribution is -2.18. The zero-order chi connectivity index (χ0) is 13.8. The van der Waals surface area contributed by atoms with Crippen molar-refractivity contribution in [2.24, 2.45) is 0 Å². The number of halogens is 4. The topological polar surface area (TPSA) is 21.3 Å². The van der Waals surface area contributed by atoms with Gasteiger partial charge < -0.3 is 10.1 Å². The van der Waals surface area contributed by atoms with Gasteiger partial charge in [0.1, 0.15) is 0 Å². The second-order valence-electron chi connectivity index (χ2n) is 3.85. The molecule has 0 saturated heterocycles. The van der Waals surface area contributed by atoms with E-state index in [1.165, 1.54) is 12.1 Å². The van der Waals surface area contributed by atoms with Gasteiger partial charge >= 0.3 is 6.36 Å². The molecule has 0 aliphatic carbocycles. The normalized spacial score (nSPS) is 11.0. The molecule has 0 atom stereocenters. The van der Waals surface area contributed by atoms with Crippen molar-refractivity contribution in [1.82, 2.24) is 0 Å². The van der Waals surface area contributed by atoms with Crippen LogP contribution in [0.5, 0.6) is 5.75 Å². The monoisotopic (exact) mass is 323 g/mol. The Morgan fingerprint density at radius 2 is 2.06 bits per heavy atom. The van der Waals surface area contributed by atoms with Crippen LogP contribution in [0.4, 0.5) is 18.9 Å². The Labute approximate surface area is 112 Å². The lowest BCUT2D eigenvalue weighted by Gasteiger charge is -2.14. The van der Waals surface area contributed by atoms with Crippen LogP contribution >= 0.6 is 15.9 Å². The summed E-state index contributed by atoms with van der Waals surface area (Å²) in [4.78, 5) is 0. The number of nitrogens with one attached hydrogen (secondary N) is 1. The van der Waals surface area contributed by atoms with E-state index in [-0.39, 0.29) is 5.75 Å². The number of hydrogen-bond acceptors (Lipinski definition) is 2. The summed E-state index contributed by atoms with van der Waals surface area (Å²) < 4.78 is 41.2. The van der Waals surface area contributed by atoms with Gasteiger partial charge in [0, 0.05) is 11.0 Å². The summed E-state index contributed by atoms with van der Waals surface area (Å²) in [7, 11) is 0. The number of anilines is 1. The fourth-order valence-corrected chi connectivity index (χ4v) is 1.56. The largest absolute Gasteiger partial charge is 0.573 e. The average molecular weight is 324 g/mol. The molecule has 1 rings (SSSR count). The minimum absolute atomic E-state index is 0.251. The van der Waals surface area contributed by atoms with Gasteiger partial charge in [0.2, 0.25) is 0 Å². The Morgan fingerprint density at radius 1 is 1.39 bits per heavy atom. The summed E-state index contributed by atoms with van der Waals surface area (Å²) in [6.07, 6.45) is -2.83. The molecule has 0 heterocycles. The Balaban J connectivity index is 2.86. The fraction of sp³-hybridized carbons (Fsp3) is 0.333. The van der Waals surface area contributed by atoms with Crippen molar-refractivity contribution in [2.75, 3.05) is 11.9 Å². The van der Waals surface area contributed by atoms with Crippen molar-refractivity contribution < 1.29 is 17.9 Å². The highest BCUT2D eigenvalue weighted by Gasteiger charge is 2.32. The predicted octanol–water partition coefficient (Wildman–Crippen LogP) is 4.73. The van der Waals surface area contributed by atoms with Crippen molar-refractivity contribution in [3.63, 3.8) is 0 Å². The third-order valence-corrected chi connectivity index (χ3v) is 2.47. The number of alkyl halides is 3. The van der Waals surface area contributed by atoms with E-state index < -0.39 is 6.36 Å². The highest BCUT2D eigenvalue weighted by Crippen LogP contribution is 2.32. The van der Waals surface area contributed by atoms with E-state index in [2.05, 4.69) is 26.0 Å². The van der Waals surface area contributed by atoms with Crippen molar-refractivity contribution in [1.29, 1.82) is 0 Å². The smallest absolute Gasteiger partial charge is 0.404 e. The molecule has 0 aromatic heterocycles. The summed E-state index contributed by atoms with van der Waals surface area (Å²) in [6, 6.07) is 4.45. The predicted molar refractivity (Wildman–Crippen MR) is 68.7 cm³/mol. The van der Waals surface area contributed by atoms with Crippen molar-refractivity contribution >= 4 is 21.6 Å². The van der Waals surface area contributed by atoms with E-state index in [1.807, 2.05) is 19.9 Å². The van der Waals surface area contributed by atoms with E-state index in [1.54, 1.807) is 6.07 Å². The lowest BCUT2D eigenvalue weighted by atomic mass is 10.2. The zero-order valence-electron chi connectivity index (χ0n) is 9.94. The van der Waals surface area contributed by atoms with Crippen LogP contribution in [-0.4, -0.2) is 12.9 Å². The summed E-state index contributed by atoms with van der Waals surface area (Å²) >= 11 is 3.11. The number of rotatable bonds is 4. The van der Waals surface area contributed by atoms with Crippen LogP contribution in [0.3, 0.4) is 0 Å². The number of benzene rings is 1. The van der Waals surface area contributed by atoms with E-state index in [0.717, 1.165) is 5.57 Å². The molecule has 1 N–H and O–H groups in total.